The van der Waals surface area contributed by atoms with Gasteiger partial charge in [-0.1, -0.05) is 17.7 Å². The molecule has 1 amide bonds. The Labute approximate surface area is 130 Å². The van der Waals surface area contributed by atoms with Gasteiger partial charge in [-0.25, -0.2) is 13.1 Å². The zero-order valence-electron chi connectivity index (χ0n) is 11.9. The lowest BCUT2D eigenvalue weighted by Crippen LogP contribution is -2.42. The Kier molecular flexibility index (Phi) is 5.24. The molecule has 0 aromatic heterocycles. The standard InChI is InChI=1S/C14H19ClN2O3S/c1-11-5-6-12(9-13(11)15)21(19,20)16-10-14(18)17-7-3-2-4-8-17/h5-6,9,16H,2-4,7-8,10H2,1H3. The number of hydrogen-bond donors (Lipinski definition) is 1. The van der Waals surface area contributed by atoms with Crippen LogP contribution < -0.4 is 4.72 Å². The fraction of sp³-hybridized carbons (Fsp3) is 0.500. The molecule has 1 aromatic carbocycles. The molecule has 1 heterocycles. The second kappa shape index (κ2) is 6.77. The number of likely N-dealkylation sites (tertiary alicyclic amines) is 1. The van der Waals surface area contributed by atoms with Crippen LogP contribution in [0.3, 0.4) is 0 Å². The molecule has 0 aliphatic carbocycles. The number of carbonyl (C=O) groups excluding carboxylic acids is 1. The van der Waals surface area contributed by atoms with Crippen LogP contribution in [0.4, 0.5) is 0 Å². The van der Waals surface area contributed by atoms with Crippen LogP contribution in [0.15, 0.2) is 23.1 Å². The van der Waals surface area contributed by atoms with E-state index in [9.17, 15) is 13.2 Å². The number of piperidine rings is 1. The first-order valence-corrected chi connectivity index (χ1v) is 8.80. The third-order valence-corrected chi connectivity index (χ3v) is 5.38. The van der Waals surface area contributed by atoms with E-state index in [4.69, 9.17) is 11.6 Å². The summed E-state index contributed by atoms with van der Waals surface area (Å²) in [6.45, 7) is 2.99. The van der Waals surface area contributed by atoms with E-state index in [0.29, 0.717) is 18.1 Å². The van der Waals surface area contributed by atoms with Crippen LogP contribution in [0.1, 0.15) is 24.8 Å². The Hall–Kier alpha value is -1.11. The molecule has 1 fully saturated rings. The second-order valence-corrected chi connectivity index (χ2v) is 7.35. The molecule has 2 rings (SSSR count). The molecule has 1 saturated heterocycles. The second-order valence-electron chi connectivity index (χ2n) is 5.18. The molecule has 0 saturated carbocycles. The van der Waals surface area contributed by atoms with E-state index in [1.807, 2.05) is 0 Å². The summed E-state index contributed by atoms with van der Waals surface area (Å²) < 4.78 is 26.6. The number of benzene rings is 1. The predicted molar refractivity (Wildman–Crippen MR) is 81.8 cm³/mol. The van der Waals surface area contributed by atoms with Gasteiger partial charge in [-0.3, -0.25) is 4.79 Å². The molecule has 0 unspecified atom stereocenters. The fourth-order valence-corrected chi connectivity index (χ4v) is 3.48. The molecule has 0 bridgehead atoms. The van der Waals surface area contributed by atoms with Gasteiger partial charge in [-0.2, -0.15) is 0 Å². The highest BCUT2D eigenvalue weighted by Gasteiger charge is 2.20. The van der Waals surface area contributed by atoms with Crippen molar-refractivity contribution in [3.8, 4) is 0 Å². The summed E-state index contributed by atoms with van der Waals surface area (Å²) in [4.78, 5) is 13.7. The molecule has 1 aromatic rings. The Morgan fingerprint density at radius 2 is 1.95 bits per heavy atom. The average Bonchev–Trinajstić information content (AvgIpc) is 2.48. The van der Waals surface area contributed by atoms with Crippen LogP contribution in [-0.2, 0) is 14.8 Å². The van der Waals surface area contributed by atoms with Crippen molar-refractivity contribution in [2.24, 2.45) is 0 Å². The number of aryl methyl sites for hydroxylation is 1. The van der Waals surface area contributed by atoms with Crippen molar-refractivity contribution < 1.29 is 13.2 Å². The SMILES string of the molecule is Cc1ccc(S(=O)(=O)NCC(=O)N2CCCCC2)cc1Cl. The molecule has 0 radical (unpaired) electrons. The number of amides is 1. The summed E-state index contributed by atoms with van der Waals surface area (Å²) >= 11 is 5.94. The predicted octanol–water partition coefficient (Wildman–Crippen LogP) is 1.94. The van der Waals surface area contributed by atoms with E-state index >= 15 is 0 Å². The number of carbonyl (C=O) groups is 1. The van der Waals surface area contributed by atoms with E-state index in [-0.39, 0.29) is 17.3 Å². The number of nitrogens with one attached hydrogen (secondary N) is 1. The molecule has 0 spiro atoms. The lowest BCUT2D eigenvalue weighted by Gasteiger charge is -2.26. The van der Waals surface area contributed by atoms with Gasteiger partial charge in [0.25, 0.3) is 0 Å². The van der Waals surface area contributed by atoms with Gasteiger partial charge in [0.1, 0.15) is 0 Å². The molecule has 21 heavy (non-hydrogen) atoms. The van der Waals surface area contributed by atoms with Gasteiger partial charge in [0.15, 0.2) is 0 Å². The largest absolute Gasteiger partial charge is 0.342 e. The van der Waals surface area contributed by atoms with Crippen molar-refractivity contribution >= 4 is 27.5 Å². The summed E-state index contributed by atoms with van der Waals surface area (Å²) in [6.07, 6.45) is 3.08. The van der Waals surface area contributed by atoms with Crippen LogP contribution in [-0.4, -0.2) is 38.9 Å². The van der Waals surface area contributed by atoms with Gasteiger partial charge >= 0.3 is 0 Å². The number of hydrogen-bond acceptors (Lipinski definition) is 3. The van der Waals surface area contributed by atoms with Gasteiger partial charge in [0.05, 0.1) is 11.4 Å². The van der Waals surface area contributed by atoms with Crippen molar-refractivity contribution in [3.63, 3.8) is 0 Å². The van der Waals surface area contributed by atoms with E-state index in [2.05, 4.69) is 4.72 Å². The third-order valence-electron chi connectivity index (χ3n) is 3.58. The highest BCUT2D eigenvalue weighted by molar-refractivity contribution is 7.89. The van der Waals surface area contributed by atoms with Crippen molar-refractivity contribution in [1.29, 1.82) is 0 Å². The smallest absolute Gasteiger partial charge is 0.241 e. The maximum atomic E-state index is 12.1. The zero-order valence-corrected chi connectivity index (χ0v) is 13.5. The lowest BCUT2D eigenvalue weighted by molar-refractivity contribution is -0.130. The Morgan fingerprint density at radius 1 is 1.29 bits per heavy atom. The lowest BCUT2D eigenvalue weighted by atomic mass is 10.1. The minimum atomic E-state index is -3.72. The van der Waals surface area contributed by atoms with E-state index in [0.717, 1.165) is 24.8 Å². The first kappa shape index (κ1) is 16.3. The van der Waals surface area contributed by atoms with E-state index < -0.39 is 10.0 Å². The Balaban J connectivity index is 2.00. The molecular formula is C14H19ClN2O3S. The average molecular weight is 331 g/mol. The topological polar surface area (TPSA) is 66.5 Å². The van der Waals surface area contributed by atoms with E-state index in [1.165, 1.54) is 12.1 Å². The molecule has 1 aliphatic heterocycles. The maximum Gasteiger partial charge on any atom is 0.241 e. The number of halogens is 1. The van der Waals surface area contributed by atoms with E-state index in [1.54, 1.807) is 17.9 Å². The van der Waals surface area contributed by atoms with Gasteiger partial charge in [-0.05, 0) is 43.9 Å². The van der Waals surface area contributed by atoms with Gasteiger partial charge in [0, 0.05) is 18.1 Å². The van der Waals surface area contributed by atoms with Crippen molar-refractivity contribution in [3.05, 3.63) is 28.8 Å². The maximum absolute atomic E-state index is 12.1. The van der Waals surface area contributed by atoms with Crippen LogP contribution in [0.5, 0.6) is 0 Å². The van der Waals surface area contributed by atoms with Crippen LogP contribution in [0.25, 0.3) is 0 Å². The van der Waals surface area contributed by atoms with Crippen molar-refractivity contribution in [2.75, 3.05) is 19.6 Å². The van der Waals surface area contributed by atoms with Gasteiger partial charge in [0.2, 0.25) is 15.9 Å². The van der Waals surface area contributed by atoms with Crippen LogP contribution >= 0.6 is 11.6 Å². The molecular weight excluding hydrogens is 312 g/mol. The minimum Gasteiger partial charge on any atom is -0.342 e. The summed E-state index contributed by atoms with van der Waals surface area (Å²) in [5.41, 5.74) is 0.806. The molecule has 5 nitrogen and oxygen atoms in total. The molecule has 116 valence electrons. The number of rotatable bonds is 4. The summed E-state index contributed by atoms with van der Waals surface area (Å²) in [7, 11) is -3.72. The van der Waals surface area contributed by atoms with Crippen LogP contribution in [0, 0.1) is 6.92 Å². The normalized spacial score (nSPS) is 16.0. The first-order valence-electron chi connectivity index (χ1n) is 6.94. The van der Waals surface area contributed by atoms with Crippen LogP contribution in [0.2, 0.25) is 5.02 Å². The summed E-state index contributed by atoms with van der Waals surface area (Å²) in [6, 6.07) is 4.52. The molecule has 7 heteroatoms. The Morgan fingerprint density at radius 3 is 2.57 bits per heavy atom. The van der Waals surface area contributed by atoms with Gasteiger partial charge < -0.3 is 4.90 Å². The zero-order chi connectivity index (χ0) is 15.5. The molecule has 0 atom stereocenters. The van der Waals surface area contributed by atoms with Crippen molar-refractivity contribution in [2.45, 2.75) is 31.1 Å². The summed E-state index contributed by atoms with van der Waals surface area (Å²) in [5.74, 6) is -0.184. The Bertz CT molecular complexity index is 625. The number of nitrogens with zero attached hydrogens (tertiary/aromatic N) is 1. The highest BCUT2D eigenvalue weighted by atomic mass is 35.5. The quantitative estimate of drug-likeness (QED) is 0.917. The van der Waals surface area contributed by atoms with Gasteiger partial charge in [-0.15, -0.1) is 0 Å². The number of sulfonamides is 1. The molecule has 1 aliphatic rings. The minimum absolute atomic E-state index is 0.0737. The third kappa shape index (κ3) is 4.18. The fourth-order valence-electron chi connectivity index (χ4n) is 2.24. The van der Waals surface area contributed by atoms with Crippen molar-refractivity contribution in [1.82, 2.24) is 9.62 Å². The highest BCUT2D eigenvalue weighted by Crippen LogP contribution is 2.19. The monoisotopic (exact) mass is 330 g/mol. The summed E-state index contributed by atoms with van der Waals surface area (Å²) in [5, 5.41) is 0.389. The first-order chi connectivity index (χ1) is 9.90. The molecule has 1 N–H and O–H groups in total.